The number of aliphatic hydroxyl groups is 1. The largest absolute Gasteiger partial charge is 0.396 e. The first-order valence-electron chi connectivity index (χ1n) is 5.85. The number of halogens is 1. The highest BCUT2D eigenvalue weighted by Crippen LogP contribution is 2.29. The van der Waals surface area contributed by atoms with Gasteiger partial charge in [0.2, 0.25) is 0 Å². The van der Waals surface area contributed by atoms with Crippen molar-refractivity contribution >= 4 is 34.5 Å². The lowest BCUT2D eigenvalue weighted by Gasteiger charge is -2.13. The van der Waals surface area contributed by atoms with E-state index in [9.17, 15) is 14.4 Å². The van der Waals surface area contributed by atoms with E-state index in [1.807, 2.05) is 22.6 Å². The highest BCUT2D eigenvalue weighted by atomic mass is 127. The number of aliphatic hydroxyl groups excluding tert-OH is 1. The molecule has 6 nitrogen and oxygen atoms in total. The molecule has 1 aliphatic rings. The van der Waals surface area contributed by atoms with Crippen molar-refractivity contribution in [1.82, 2.24) is 9.55 Å². The Morgan fingerprint density at radius 1 is 1.42 bits per heavy atom. The maximum Gasteiger partial charge on any atom is 0.329 e. The lowest BCUT2D eigenvalue weighted by Crippen LogP contribution is -2.35. The van der Waals surface area contributed by atoms with Gasteiger partial charge in [0.05, 0.1) is 18.2 Å². The van der Waals surface area contributed by atoms with Gasteiger partial charge in [0.1, 0.15) is 0 Å². The minimum absolute atomic E-state index is 0.152. The second-order valence-corrected chi connectivity index (χ2v) is 5.14. The van der Waals surface area contributed by atoms with Gasteiger partial charge in [0.15, 0.2) is 5.78 Å². The fourth-order valence-electron chi connectivity index (χ4n) is 2.29. The van der Waals surface area contributed by atoms with Gasteiger partial charge in [-0.15, -0.1) is 0 Å². The topological polar surface area (TPSA) is 92.2 Å². The van der Waals surface area contributed by atoms with Crippen LogP contribution in [0.1, 0.15) is 24.4 Å². The molecule has 0 amide bonds. The van der Waals surface area contributed by atoms with E-state index in [1.165, 1.54) is 10.8 Å². The zero-order valence-corrected chi connectivity index (χ0v) is 12.2. The Balaban J connectivity index is 2.46. The number of H-pyrrole nitrogens is 1. The van der Waals surface area contributed by atoms with Crippen molar-refractivity contribution < 1.29 is 9.90 Å². The molecule has 7 heteroatoms. The van der Waals surface area contributed by atoms with Gasteiger partial charge in [0.25, 0.3) is 5.56 Å². The zero-order chi connectivity index (χ0) is 14.0. The van der Waals surface area contributed by atoms with Crippen molar-refractivity contribution in [2.24, 2.45) is 5.92 Å². The van der Waals surface area contributed by atoms with Gasteiger partial charge in [-0.1, -0.05) is 22.6 Å². The fraction of sp³-hybridized carbons (Fsp3) is 0.417. The number of rotatable bonds is 3. The van der Waals surface area contributed by atoms with Crippen LogP contribution in [0.2, 0.25) is 0 Å². The molecule has 2 unspecified atom stereocenters. The van der Waals surface area contributed by atoms with E-state index >= 15 is 0 Å². The molecule has 1 aromatic rings. The Hall–Kier alpha value is -1.22. The molecule has 0 radical (unpaired) electrons. The van der Waals surface area contributed by atoms with Gasteiger partial charge in [0, 0.05) is 12.1 Å². The van der Waals surface area contributed by atoms with E-state index in [-0.39, 0.29) is 12.4 Å². The fourth-order valence-corrected chi connectivity index (χ4v) is 2.68. The van der Waals surface area contributed by atoms with E-state index < -0.39 is 23.2 Å². The average Bonchev–Trinajstić information content (AvgIpc) is 2.74. The number of aromatic amines is 1. The Labute approximate surface area is 122 Å². The van der Waals surface area contributed by atoms with Crippen LogP contribution in [0.4, 0.5) is 0 Å². The monoisotopic (exact) mass is 376 g/mol. The number of nitrogens with zero attached hydrogens (tertiary/aromatic N) is 1. The summed E-state index contributed by atoms with van der Waals surface area (Å²) in [6.07, 6.45) is 4.03. The Kier molecular flexibility index (Phi) is 4.35. The van der Waals surface area contributed by atoms with Gasteiger partial charge >= 0.3 is 5.69 Å². The first-order valence-corrected chi connectivity index (χ1v) is 7.10. The highest BCUT2D eigenvalue weighted by Gasteiger charge is 2.35. The van der Waals surface area contributed by atoms with E-state index in [0.29, 0.717) is 18.4 Å². The number of ketones is 1. The van der Waals surface area contributed by atoms with E-state index in [0.717, 1.165) is 0 Å². The van der Waals surface area contributed by atoms with Crippen molar-refractivity contribution in [2.75, 3.05) is 6.61 Å². The molecule has 0 spiro atoms. The summed E-state index contributed by atoms with van der Waals surface area (Å²) in [6, 6.07) is -0.595. The SMILES string of the molecule is O=C1C(CO)CCC1n1cc(C=CI)c(=O)[nH]c1=O. The summed E-state index contributed by atoms with van der Waals surface area (Å²) in [5, 5.41) is 9.08. The molecule has 1 fully saturated rings. The van der Waals surface area contributed by atoms with Crippen molar-refractivity contribution in [2.45, 2.75) is 18.9 Å². The smallest absolute Gasteiger partial charge is 0.329 e. The number of Topliss-reactive ketones (excluding diaryl/α,β-unsaturated/α-hetero) is 1. The van der Waals surface area contributed by atoms with Crippen LogP contribution in [0.15, 0.2) is 19.9 Å². The van der Waals surface area contributed by atoms with Crippen LogP contribution in [0.5, 0.6) is 0 Å². The molecular weight excluding hydrogens is 363 g/mol. The molecule has 2 N–H and O–H groups in total. The van der Waals surface area contributed by atoms with Gasteiger partial charge in [-0.25, -0.2) is 4.79 Å². The first kappa shape index (κ1) is 14.2. The molecule has 1 heterocycles. The van der Waals surface area contributed by atoms with Crippen molar-refractivity contribution in [3.05, 3.63) is 36.7 Å². The Bertz CT molecular complexity index is 631. The number of hydrogen-bond acceptors (Lipinski definition) is 4. The molecule has 1 aliphatic carbocycles. The first-order chi connectivity index (χ1) is 9.08. The van der Waals surface area contributed by atoms with Crippen LogP contribution in [-0.2, 0) is 4.79 Å². The summed E-state index contributed by atoms with van der Waals surface area (Å²) in [5.74, 6) is -0.562. The van der Waals surface area contributed by atoms with Crippen LogP contribution in [0, 0.1) is 5.92 Å². The molecule has 0 saturated heterocycles. The molecule has 1 saturated carbocycles. The molecule has 1 aromatic heterocycles. The second-order valence-electron chi connectivity index (χ2n) is 4.42. The third-order valence-corrected chi connectivity index (χ3v) is 3.67. The third-order valence-electron chi connectivity index (χ3n) is 3.31. The number of carbonyl (C=O) groups excluding carboxylic acids is 1. The predicted octanol–water partition coefficient (Wildman–Crippen LogP) is 0.455. The minimum atomic E-state index is -0.595. The third kappa shape index (κ3) is 2.71. The molecular formula is C12H13IN2O4. The lowest BCUT2D eigenvalue weighted by atomic mass is 10.1. The maximum absolute atomic E-state index is 12.0. The summed E-state index contributed by atoms with van der Waals surface area (Å²) in [6.45, 7) is -0.200. The summed E-state index contributed by atoms with van der Waals surface area (Å²) in [4.78, 5) is 37.6. The zero-order valence-electron chi connectivity index (χ0n) is 10.0. The molecule has 19 heavy (non-hydrogen) atoms. The van der Waals surface area contributed by atoms with E-state index in [2.05, 4.69) is 4.98 Å². The molecule has 0 aliphatic heterocycles. The van der Waals surface area contributed by atoms with Crippen molar-refractivity contribution in [1.29, 1.82) is 0 Å². The Morgan fingerprint density at radius 2 is 2.16 bits per heavy atom. The predicted molar refractivity (Wildman–Crippen MR) is 78.2 cm³/mol. The molecule has 0 aromatic carbocycles. The maximum atomic E-state index is 12.0. The normalized spacial score (nSPS) is 23.4. The molecule has 2 atom stereocenters. The average molecular weight is 376 g/mol. The summed E-state index contributed by atoms with van der Waals surface area (Å²) >= 11 is 1.97. The van der Waals surface area contributed by atoms with Gasteiger partial charge in [-0.2, -0.15) is 0 Å². The standard InChI is InChI=1S/C12H13IN2O4/c13-4-3-7-5-15(12(19)14-11(7)18)9-2-1-8(6-16)10(9)17/h3-5,8-9,16H,1-2,6H2,(H,14,18,19). The summed E-state index contributed by atoms with van der Waals surface area (Å²) < 4.78 is 2.91. The van der Waals surface area contributed by atoms with Gasteiger partial charge < -0.3 is 5.11 Å². The van der Waals surface area contributed by atoms with Crippen molar-refractivity contribution in [3.63, 3.8) is 0 Å². The van der Waals surface area contributed by atoms with Crippen LogP contribution in [0.3, 0.4) is 0 Å². The molecule has 0 bridgehead atoms. The number of carbonyl (C=O) groups is 1. The number of hydrogen-bond donors (Lipinski definition) is 2. The van der Waals surface area contributed by atoms with Gasteiger partial charge in [-0.05, 0) is 23.0 Å². The number of aromatic nitrogens is 2. The lowest BCUT2D eigenvalue weighted by molar-refractivity contribution is -0.124. The second kappa shape index (κ2) is 5.83. The highest BCUT2D eigenvalue weighted by molar-refractivity contribution is 14.1. The van der Waals surface area contributed by atoms with Crippen LogP contribution in [-0.4, -0.2) is 27.0 Å². The van der Waals surface area contributed by atoms with Gasteiger partial charge in [-0.3, -0.25) is 19.1 Å². The van der Waals surface area contributed by atoms with Crippen LogP contribution >= 0.6 is 22.6 Å². The Morgan fingerprint density at radius 3 is 2.74 bits per heavy atom. The number of nitrogens with one attached hydrogen (secondary N) is 1. The summed E-state index contributed by atoms with van der Waals surface area (Å²) in [5.41, 5.74) is -0.736. The quantitative estimate of drug-likeness (QED) is 0.750. The molecule has 102 valence electrons. The van der Waals surface area contributed by atoms with Crippen molar-refractivity contribution in [3.8, 4) is 0 Å². The van der Waals surface area contributed by atoms with E-state index in [1.54, 1.807) is 10.2 Å². The molecule has 2 rings (SSSR count). The van der Waals surface area contributed by atoms with Crippen LogP contribution in [0.25, 0.3) is 6.08 Å². The van der Waals surface area contributed by atoms with Crippen LogP contribution < -0.4 is 11.2 Å². The minimum Gasteiger partial charge on any atom is -0.396 e. The summed E-state index contributed by atoms with van der Waals surface area (Å²) in [7, 11) is 0. The van der Waals surface area contributed by atoms with E-state index in [4.69, 9.17) is 5.11 Å².